The Balaban J connectivity index is 2.20. The summed E-state index contributed by atoms with van der Waals surface area (Å²) in [4.78, 5) is 11.5. The van der Waals surface area contributed by atoms with Gasteiger partial charge in [-0.05, 0) is 43.9 Å². The maximum Gasteiger partial charge on any atom is 0.309 e. The molecule has 2 nitrogen and oxygen atoms in total. The molecule has 1 saturated heterocycles. The largest absolute Gasteiger partial charge is 0.462 e. The van der Waals surface area contributed by atoms with Gasteiger partial charge in [-0.1, -0.05) is 34.1 Å². The van der Waals surface area contributed by atoms with Gasteiger partial charge in [-0.3, -0.25) is 4.79 Å². The summed E-state index contributed by atoms with van der Waals surface area (Å²) < 4.78 is 5.18. The molecule has 1 rings (SSSR count). The van der Waals surface area contributed by atoms with Gasteiger partial charge >= 0.3 is 5.97 Å². The summed E-state index contributed by atoms with van der Waals surface area (Å²) in [5.74, 6) is 0.917. The maximum atomic E-state index is 11.5. The molecule has 2 heteroatoms. The molecule has 1 aliphatic heterocycles. The molecule has 0 aromatic carbocycles. The normalized spacial score (nSPS) is 27.0. The third-order valence-corrected chi connectivity index (χ3v) is 3.66. The van der Waals surface area contributed by atoms with E-state index < -0.39 is 0 Å². The Bertz CT molecular complexity index is 252. The van der Waals surface area contributed by atoms with Gasteiger partial charge in [0.15, 0.2) is 0 Å². The SMILES string of the molecule is CC(CCC1CC(C)OC1=O)CCC(C)(C)C. The molecule has 0 saturated carbocycles. The fraction of sp³-hybridized carbons (Fsp3) is 0.933. The summed E-state index contributed by atoms with van der Waals surface area (Å²) in [6.45, 7) is 11.2. The predicted molar refractivity (Wildman–Crippen MR) is 70.7 cm³/mol. The number of carbonyl (C=O) groups is 1. The lowest BCUT2D eigenvalue weighted by atomic mass is 9.85. The van der Waals surface area contributed by atoms with Crippen LogP contribution in [0.1, 0.15) is 66.7 Å². The molecule has 17 heavy (non-hydrogen) atoms. The monoisotopic (exact) mass is 240 g/mol. The minimum Gasteiger partial charge on any atom is -0.462 e. The zero-order valence-electron chi connectivity index (χ0n) is 12.1. The average molecular weight is 240 g/mol. The van der Waals surface area contributed by atoms with Crippen molar-refractivity contribution in [2.24, 2.45) is 17.3 Å². The van der Waals surface area contributed by atoms with Gasteiger partial charge in [0.1, 0.15) is 0 Å². The van der Waals surface area contributed by atoms with E-state index in [1.54, 1.807) is 0 Å². The fourth-order valence-corrected chi connectivity index (χ4v) is 2.38. The van der Waals surface area contributed by atoms with Gasteiger partial charge < -0.3 is 4.74 Å². The standard InChI is InChI=1S/C15H28O2/c1-11(8-9-15(3,4)5)6-7-13-10-12(2)17-14(13)16/h11-13H,6-10H2,1-5H3. The highest BCUT2D eigenvalue weighted by Crippen LogP contribution is 2.29. The van der Waals surface area contributed by atoms with Crippen molar-refractivity contribution in [1.82, 2.24) is 0 Å². The fourth-order valence-electron chi connectivity index (χ4n) is 2.38. The molecule has 100 valence electrons. The third-order valence-electron chi connectivity index (χ3n) is 3.66. The molecule has 0 N–H and O–H groups in total. The van der Waals surface area contributed by atoms with E-state index in [4.69, 9.17) is 4.74 Å². The molecule has 1 fully saturated rings. The molecule has 0 radical (unpaired) electrons. The van der Waals surface area contributed by atoms with E-state index in [1.165, 1.54) is 12.8 Å². The van der Waals surface area contributed by atoms with Crippen molar-refractivity contribution < 1.29 is 9.53 Å². The Morgan fingerprint density at radius 1 is 1.35 bits per heavy atom. The summed E-state index contributed by atoms with van der Waals surface area (Å²) in [6, 6.07) is 0. The Morgan fingerprint density at radius 3 is 2.47 bits per heavy atom. The van der Waals surface area contributed by atoms with Crippen molar-refractivity contribution in [3.8, 4) is 0 Å². The molecular weight excluding hydrogens is 212 g/mol. The molecule has 0 aliphatic carbocycles. The minimum atomic E-state index is 0.0283. The van der Waals surface area contributed by atoms with E-state index in [9.17, 15) is 4.79 Å². The summed E-state index contributed by atoms with van der Waals surface area (Å²) in [5.41, 5.74) is 0.426. The van der Waals surface area contributed by atoms with Crippen LogP contribution in [0, 0.1) is 17.3 Å². The van der Waals surface area contributed by atoms with E-state index in [1.807, 2.05) is 6.92 Å². The Morgan fingerprint density at radius 2 is 2.00 bits per heavy atom. The predicted octanol–water partition coefficient (Wildman–Crippen LogP) is 4.18. The lowest BCUT2D eigenvalue weighted by molar-refractivity contribution is -0.144. The highest BCUT2D eigenvalue weighted by molar-refractivity contribution is 5.74. The van der Waals surface area contributed by atoms with E-state index in [0.717, 1.165) is 25.2 Å². The number of esters is 1. The molecule has 0 aromatic heterocycles. The highest BCUT2D eigenvalue weighted by atomic mass is 16.5. The lowest BCUT2D eigenvalue weighted by Gasteiger charge is -2.21. The van der Waals surface area contributed by atoms with Crippen LogP contribution in [0.15, 0.2) is 0 Å². The van der Waals surface area contributed by atoms with Crippen LogP contribution in [0.2, 0.25) is 0 Å². The molecule has 0 aromatic rings. The smallest absolute Gasteiger partial charge is 0.309 e. The molecule has 0 amide bonds. The molecule has 1 heterocycles. The van der Waals surface area contributed by atoms with Crippen LogP contribution >= 0.6 is 0 Å². The van der Waals surface area contributed by atoms with E-state index in [-0.39, 0.29) is 18.0 Å². The Kier molecular flexibility index (Phi) is 5.03. The van der Waals surface area contributed by atoms with E-state index >= 15 is 0 Å². The first-order valence-corrected chi connectivity index (χ1v) is 6.98. The summed E-state index contributed by atoms with van der Waals surface area (Å²) in [7, 11) is 0. The summed E-state index contributed by atoms with van der Waals surface area (Å²) in [6.07, 6.45) is 5.75. The van der Waals surface area contributed by atoms with Crippen molar-refractivity contribution in [2.75, 3.05) is 0 Å². The second kappa shape index (κ2) is 5.88. The van der Waals surface area contributed by atoms with Crippen LogP contribution < -0.4 is 0 Å². The van der Waals surface area contributed by atoms with Gasteiger partial charge in [-0.15, -0.1) is 0 Å². The van der Waals surface area contributed by atoms with Crippen LogP contribution in [0.5, 0.6) is 0 Å². The van der Waals surface area contributed by atoms with Crippen LogP contribution in [0.25, 0.3) is 0 Å². The second-order valence-electron chi connectivity index (χ2n) is 6.96. The zero-order chi connectivity index (χ0) is 13.1. The first-order chi connectivity index (χ1) is 7.78. The number of rotatable bonds is 5. The molecular formula is C15H28O2. The molecule has 1 aliphatic rings. The van der Waals surface area contributed by atoms with Gasteiger partial charge in [0.25, 0.3) is 0 Å². The first kappa shape index (κ1) is 14.5. The van der Waals surface area contributed by atoms with E-state index in [0.29, 0.717) is 5.41 Å². The van der Waals surface area contributed by atoms with Crippen LogP contribution in [-0.4, -0.2) is 12.1 Å². The second-order valence-corrected chi connectivity index (χ2v) is 6.96. The van der Waals surface area contributed by atoms with Gasteiger partial charge in [0.2, 0.25) is 0 Å². The number of hydrogen-bond acceptors (Lipinski definition) is 2. The Labute approximate surface area is 106 Å². The highest BCUT2D eigenvalue weighted by Gasteiger charge is 2.31. The minimum absolute atomic E-state index is 0.0283. The van der Waals surface area contributed by atoms with Gasteiger partial charge in [0, 0.05) is 0 Å². The van der Waals surface area contributed by atoms with Crippen LogP contribution in [0.3, 0.4) is 0 Å². The van der Waals surface area contributed by atoms with E-state index in [2.05, 4.69) is 27.7 Å². The summed E-state index contributed by atoms with van der Waals surface area (Å²) >= 11 is 0. The van der Waals surface area contributed by atoms with Crippen molar-refractivity contribution >= 4 is 5.97 Å². The average Bonchev–Trinajstić information content (AvgIpc) is 2.50. The quantitative estimate of drug-likeness (QED) is 0.674. The summed E-state index contributed by atoms with van der Waals surface area (Å²) in [5, 5.41) is 0. The third kappa shape index (κ3) is 5.56. The first-order valence-electron chi connectivity index (χ1n) is 6.98. The molecule has 3 unspecified atom stereocenters. The van der Waals surface area contributed by atoms with Crippen molar-refractivity contribution in [3.05, 3.63) is 0 Å². The number of cyclic esters (lactones) is 1. The zero-order valence-corrected chi connectivity index (χ0v) is 12.1. The topological polar surface area (TPSA) is 26.3 Å². The van der Waals surface area contributed by atoms with Gasteiger partial charge in [-0.25, -0.2) is 0 Å². The lowest BCUT2D eigenvalue weighted by Crippen LogP contribution is -2.11. The Hall–Kier alpha value is -0.530. The molecule has 0 spiro atoms. The van der Waals surface area contributed by atoms with Gasteiger partial charge in [-0.2, -0.15) is 0 Å². The number of hydrogen-bond donors (Lipinski definition) is 0. The van der Waals surface area contributed by atoms with Crippen LogP contribution in [0.4, 0.5) is 0 Å². The number of carbonyl (C=O) groups excluding carboxylic acids is 1. The van der Waals surface area contributed by atoms with Crippen LogP contribution in [-0.2, 0) is 9.53 Å². The number of ether oxygens (including phenoxy) is 1. The van der Waals surface area contributed by atoms with Crippen molar-refractivity contribution in [2.45, 2.75) is 72.8 Å². The van der Waals surface area contributed by atoms with Crippen molar-refractivity contribution in [3.63, 3.8) is 0 Å². The van der Waals surface area contributed by atoms with Crippen molar-refractivity contribution in [1.29, 1.82) is 0 Å². The van der Waals surface area contributed by atoms with Gasteiger partial charge in [0.05, 0.1) is 12.0 Å². The molecule has 0 bridgehead atoms. The maximum absolute atomic E-state index is 11.5. The molecule has 3 atom stereocenters.